The Morgan fingerprint density at radius 3 is 2.65 bits per heavy atom. The number of rotatable bonds is 5. The van der Waals surface area contributed by atoms with E-state index in [1.54, 1.807) is 6.92 Å². The number of benzene rings is 1. The summed E-state index contributed by atoms with van der Waals surface area (Å²) in [5, 5.41) is 0. The third-order valence-electron chi connectivity index (χ3n) is 3.25. The van der Waals surface area contributed by atoms with Gasteiger partial charge in [-0.05, 0) is 24.8 Å². The maximum Gasteiger partial charge on any atom is 0.330 e. The van der Waals surface area contributed by atoms with E-state index >= 15 is 0 Å². The lowest BCUT2D eigenvalue weighted by Gasteiger charge is -2.22. The minimum Gasteiger partial charge on any atom is -0.464 e. The van der Waals surface area contributed by atoms with Crippen molar-refractivity contribution < 1.29 is 9.53 Å². The van der Waals surface area contributed by atoms with Gasteiger partial charge < -0.3 is 10.5 Å². The topological polar surface area (TPSA) is 52.3 Å². The number of hydrogen-bond donors (Lipinski definition) is 1. The second-order valence-electron chi connectivity index (χ2n) is 4.94. The zero-order valence-electron chi connectivity index (χ0n) is 10.2. The van der Waals surface area contributed by atoms with Gasteiger partial charge in [-0.2, -0.15) is 0 Å². The van der Waals surface area contributed by atoms with Crippen molar-refractivity contribution in [1.29, 1.82) is 0 Å². The van der Waals surface area contributed by atoms with Gasteiger partial charge >= 0.3 is 5.97 Å². The summed E-state index contributed by atoms with van der Waals surface area (Å²) >= 11 is 0. The van der Waals surface area contributed by atoms with E-state index < -0.39 is 5.54 Å². The van der Waals surface area contributed by atoms with Crippen LogP contribution in [-0.2, 0) is 15.1 Å². The van der Waals surface area contributed by atoms with E-state index in [-0.39, 0.29) is 5.97 Å². The predicted molar refractivity (Wildman–Crippen MR) is 66.3 cm³/mol. The first kappa shape index (κ1) is 12.1. The maximum absolute atomic E-state index is 11.9. The fraction of sp³-hybridized carbons (Fsp3) is 0.500. The highest BCUT2D eigenvalue weighted by Gasteiger charge is 2.32. The standard InChI is InChI=1S/C14H19NO2/c1-14(15,12-5-3-2-4-6-12)13(16)17-10-9-11-7-8-11/h2-6,11H,7-10,15H2,1H3. The molecule has 1 aromatic rings. The van der Waals surface area contributed by atoms with E-state index in [0.29, 0.717) is 6.61 Å². The van der Waals surface area contributed by atoms with Crippen LogP contribution in [0, 0.1) is 5.92 Å². The van der Waals surface area contributed by atoms with Crippen molar-refractivity contribution in [3.63, 3.8) is 0 Å². The molecule has 0 radical (unpaired) electrons. The van der Waals surface area contributed by atoms with E-state index in [4.69, 9.17) is 10.5 Å². The lowest BCUT2D eigenvalue weighted by molar-refractivity contribution is -0.150. The maximum atomic E-state index is 11.9. The normalized spacial score (nSPS) is 18.5. The van der Waals surface area contributed by atoms with E-state index in [0.717, 1.165) is 17.9 Å². The zero-order chi connectivity index (χ0) is 12.3. The van der Waals surface area contributed by atoms with Gasteiger partial charge in [-0.3, -0.25) is 0 Å². The molecule has 2 N–H and O–H groups in total. The average molecular weight is 233 g/mol. The SMILES string of the molecule is CC(N)(C(=O)OCCC1CC1)c1ccccc1. The molecule has 1 atom stereocenters. The number of ether oxygens (including phenoxy) is 1. The molecule has 3 nitrogen and oxygen atoms in total. The largest absolute Gasteiger partial charge is 0.464 e. The summed E-state index contributed by atoms with van der Waals surface area (Å²) in [6.07, 6.45) is 3.52. The van der Waals surface area contributed by atoms with Crippen molar-refractivity contribution in [1.82, 2.24) is 0 Å². The Morgan fingerprint density at radius 1 is 1.41 bits per heavy atom. The lowest BCUT2D eigenvalue weighted by Crippen LogP contribution is -2.43. The molecule has 0 bridgehead atoms. The summed E-state index contributed by atoms with van der Waals surface area (Å²) in [4.78, 5) is 11.9. The molecular formula is C14H19NO2. The Morgan fingerprint density at radius 2 is 2.06 bits per heavy atom. The van der Waals surface area contributed by atoms with Gasteiger partial charge in [0, 0.05) is 0 Å². The van der Waals surface area contributed by atoms with Crippen molar-refractivity contribution in [2.45, 2.75) is 31.7 Å². The van der Waals surface area contributed by atoms with Gasteiger partial charge in [-0.15, -0.1) is 0 Å². The molecule has 1 aliphatic rings. The van der Waals surface area contributed by atoms with Gasteiger partial charge in [0.2, 0.25) is 0 Å². The molecule has 2 rings (SSSR count). The molecule has 1 aliphatic carbocycles. The molecule has 1 fully saturated rings. The first-order valence-electron chi connectivity index (χ1n) is 6.12. The van der Waals surface area contributed by atoms with Gasteiger partial charge in [0.1, 0.15) is 5.54 Å². The molecular weight excluding hydrogens is 214 g/mol. The molecule has 1 unspecified atom stereocenters. The van der Waals surface area contributed by atoms with Gasteiger partial charge in [-0.25, -0.2) is 4.79 Å². The summed E-state index contributed by atoms with van der Waals surface area (Å²) in [5.41, 5.74) is 5.78. The van der Waals surface area contributed by atoms with E-state index in [1.807, 2.05) is 30.3 Å². The Hall–Kier alpha value is -1.35. The molecule has 0 aliphatic heterocycles. The Bertz CT molecular complexity index is 382. The molecule has 17 heavy (non-hydrogen) atoms. The minimum atomic E-state index is -1.05. The smallest absolute Gasteiger partial charge is 0.330 e. The highest BCUT2D eigenvalue weighted by atomic mass is 16.5. The van der Waals surface area contributed by atoms with Crippen LogP contribution >= 0.6 is 0 Å². The molecule has 0 spiro atoms. The summed E-state index contributed by atoms with van der Waals surface area (Å²) in [6, 6.07) is 9.35. The van der Waals surface area contributed by atoms with Crippen LogP contribution in [-0.4, -0.2) is 12.6 Å². The predicted octanol–water partition coefficient (Wildman–Crippen LogP) is 2.20. The number of esters is 1. The summed E-state index contributed by atoms with van der Waals surface area (Å²) < 4.78 is 5.25. The number of hydrogen-bond acceptors (Lipinski definition) is 3. The van der Waals surface area contributed by atoms with Crippen molar-refractivity contribution in [2.24, 2.45) is 11.7 Å². The van der Waals surface area contributed by atoms with Crippen LogP contribution in [0.2, 0.25) is 0 Å². The fourth-order valence-corrected chi connectivity index (χ4v) is 1.78. The molecule has 0 amide bonds. The summed E-state index contributed by atoms with van der Waals surface area (Å²) in [5.74, 6) is 0.424. The average Bonchev–Trinajstić information content (AvgIpc) is 3.14. The van der Waals surface area contributed by atoms with Gasteiger partial charge in [0.15, 0.2) is 0 Å². The van der Waals surface area contributed by atoms with Crippen molar-refractivity contribution in [3.8, 4) is 0 Å². The van der Waals surface area contributed by atoms with Crippen molar-refractivity contribution in [2.75, 3.05) is 6.61 Å². The van der Waals surface area contributed by atoms with Crippen LogP contribution < -0.4 is 5.73 Å². The first-order chi connectivity index (χ1) is 8.10. The molecule has 0 heterocycles. The van der Waals surface area contributed by atoms with Crippen LogP contribution in [0.4, 0.5) is 0 Å². The third kappa shape index (κ3) is 3.07. The first-order valence-corrected chi connectivity index (χ1v) is 6.12. The second-order valence-corrected chi connectivity index (χ2v) is 4.94. The molecule has 1 saturated carbocycles. The second kappa shape index (κ2) is 4.88. The minimum absolute atomic E-state index is 0.343. The molecule has 0 saturated heterocycles. The van der Waals surface area contributed by atoms with Crippen LogP contribution in [0.1, 0.15) is 31.7 Å². The quantitative estimate of drug-likeness (QED) is 0.793. The molecule has 92 valence electrons. The van der Waals surface area contributed by atoms with Crippen molar-refractivity contribution >= 4 is 5.97 Å². The van der Waals surface area contributed by atoms with Crippen LogP contribution in [0.15, 0.2) is 30.3 Å². The van der Waals surface area contributed by atoms with Crippen LogP contribution in [0.3, 0.4) is 0 Å². The number of carbonyl (C=O) groups is 1. The summed E-state index contributed by atoms with van der Waals surface area (Å²) in [7, 11) is 0. The number of nitrogens with two attached hydrogens (primary N) is 1. The fourth-order valence-electron chi connectivity index (χ4n) is 1.78. The van der Waals surface area contributed by atoms with E-state index in [1.165, 1.54) is 12.8 Å². The van der Waals surface area contributed by atoms with E-state index in [2.05, 4.69) is 0 Å². The van der Waals surface area contributed by atoms with Gasteiger partial charge in [0.25, 0.3) is 0 Å². The van der Waals surface area contributed by atoms with Crippen LogP contribution in [0.5, 0.6) is 0 Å². The molecule has 1 aromatic carbocycles. The monoisotopic (exact) mass is 233 g/mol. The zero-order valence-corrected chi connectivity index (χ0v) is 10.2. The molecule has 0 aromatic heterocycles. The third-order valence-corrected chi connectivity index (χ3v) is 3.25. The Kier molecular flexibility index (Phi) is 3.48. The van der Waals surface area contributed by atoms with Gasteiger partial charge in [0.05, 0.1) is 6.61 Å². The van der Waals surface area contributed by atoms with E-state index in [9.17, 15) is 4.79 Å². The van der Waals surface area contributed by atoms with Crippen LogP contribution in [0.25, 0.3) is 0 Å². The number of carbonyl (C=O) groups excluding carboxylic acids is 1. The molecule has 3 heteroatoms. The Labute approximate surface area is 102 Å². The van der Waals surface area contributed by atoms with Crippen molar-refractivity contribution in [3.05, 3.63) is 35.9 Å². The highest BCUT2D eigenvalue weighted by Crippen LogP contribution is 2.32. The van der Waals surface area contributed by atoms with Gasteiger partial charge in [-0.1, -0.05) is 43.2 Å². The lowest BCUT2D eigenvalue weighted by atomic mass is 9.93. The highest BCUT2D eigenvalue weighted by molar-refractivity contribution is 5.81. The Balaban J connectivity index is 1.91. The summed E-state index contributed by atoms with van der Waals surface area (Å²) in [6.45, 7) is 2.19.